The van der Waals surface area contributed by atoms with Gasteiger partial charge in [0, 0.05) is 29.7 Å². The molecule has 0 aliphatic rings. The largest absolute Gasteiger partial charge is 0.490 e. The molecule has 0 aliphatic heterocycles. The van der Waals surface area contributed by atoms with Gasteiger partial charge in [-0.3, -0.25) is 0 Å². The zero-order valence-corrected chi connectivity index (χ0v) is 15.4. The van der Waals surface area contributed by atoms with E-state index < -0.39 is 13.2 Å². The van der Waals surface area contributed by atoms with Gasteiger partial charge in [-0.15, -0.1) is 0 Å². The first kappa shape index (κ1) is 21.5. The summed E-state index contributed by atoms with van der Waals surface area (Å²) in [5.74, 6) is 0.803. The van der Waals surface area contributed by atoms with E-state index in [2.05, 4.69) is 10.3 Å². The Labute approximate surface area is 150 Å². The third-order valence-electron chi connectivity index (χ3n) is 3.56. The van der Waals surface area contributed by atoms with Crippen molar-refractivity contribution >= 4 is 18.0 Å². The minimum Gasteiger partial charge on any atom is -0.490 e. The van der Waals surface area contributed by atoms with Crippen LogP contribution in [0.25, 0.3) is 10.9 Å². The first-order chi connectivity index (χ1) is 11.9. The molecule has 6 nitrogen and oxygen atoms in total. The van der Waals surface area contributed by atoms with Crippen LogP contribution < -0.4 is 10.1 Å². The molecule has 140 valence electrons. The molecule has 2 rings (SSSR count). The molecule has 25 heavy (non-hydrogen) atoms. The molecule has 0 fully saturated rings. The summed E-state index contributed by atoms with van der Waals surface area (Å²) in [6, 6.07) is 8.20. The van der Waals surface area contributed by atoms with Crippen molar-refractivity contribution < 1.29 is 19.9 Å². The highest BCUT2D eigenvalue weighted by Crippen LogP contribution is 2.24. The van der Waals surface area contributed by atoms with Crippen LogP contribution in [0, 0.1) is 0 Å². The Morgan fingerprint density at radius 2 is 2.00 bits per heavy atom. The predicted molar refractivity (Wildman–Crippen MR) is 103 cm³/mol. The number of aliphatic hydroxyl groups is 1. The maximum Gasteiger partial charge on any atom is 0.451 e. The molecule has 1 unspecified atom stereocenters. The highest BCUT2D eigenvalue weighted by molar-refractivity contribution is 6.40. The van der Waals surface area contributed by atoms with Gasteiger partial charge in [-0.1, -0.05) is 39.7 Å². The quantitative estimate of drug-likeness (QED) is 0.447. The molecule has 1 aromatic heterocycles. The van der Waals surface area contributed by atoms with E-state index in [1.54, 1.807) is 0 Å². The average molecular weight is 350 g/mol. The molecular weight excluding hydrogens is 319 g/mol. The van der Waals surface area contributed by atoms with Gasteiger partial charge in [-0.2, -0.15) is 0 Å². The van der Waals surface area contributed by atoms with Gasteiger partial charge in [0.1, 0.15) is 18.5 Å². The number of benzene rings is 1. The Morgan fingerprint density at radius 1 is 1.24 bits per heavy atom. The number of unbranched alkanes of at least 4 members (excludes halogenated alkanes) is 1. The summed E-state index contributed by atoms with van der Waals surface area (Å²) in [5, 5.41) is 30.5. The van der Waals surface area contributed by atoms with Crippen molar-refractivity contribution in [3.05, 3.63) is 30.5 Å². The van der Waals surface area contributed by atoms with Crippen LogP contribution in [0.2, 0.25) is 6.32 Å². The van der Waals surface area contributed by atoms with Crippen molar-refractivity contribution in [2.45, 2.75) is 52.1 Å². The molecule has 0 saturated heterocycles. The van der Waals surface area contributed by atoms with E-state index in [0.717, 1.165) is 29.5 Å². The van der Waals surface area contributed by atoms with E-state index in [4.69, 9.17) is 14.8 Å². The Balaban J connectivity index is 0.000000381. The Bertz CT molecular complexity index is 589. The second kappa shape index (κ2) is 11.9. The number of rotatable bonds is 9. The number of fused-ring (bicyclic) bond motifs is 1. The molecule has 7 heteroatoms. The summed E-state index contributed by atoms with van der Waals surface area (Å²) in [7, 11) is -1.10. The van der Waals surface area contributed by atoms with Crippen molar-refractivity contribution in [1.82, 2.24) is 10.3 Å². The number of H-pyrrole nitrogens is 1. The Kier molecular flexibility index (Phi) is 10.3. The van der Waals surface area contributed by atoms with Crippen LogP contribution in [0.4, 0.5) is 0 Å². The first-order valence-electron chi connectivity index (χ1n) is 8.90. The molecule has 1 atom stereocenters. The van der Waals surface area contributed by atoms with Gasteiger partial charge >= 0.3 is 7.12 Å². The summed E-state index contributed by atoms with van der Waals surface area (Å²) in [6.07, 6.45) is 3.82. The fraction of sp³-hybridized carbons (Fsp3) is 0.556. The molecule has 2 aromatic rings. The smallest absolute Gasteiger partial charge is 0.451 e. The average Bonchev–Trinajstić information content (AvgIpc) is 3.06. The van der Waals surface area contributed by atoms with Crippen LogP contribution >= 0.6 is 0 Å². The minimum atomic E-state index is -1.10. The van der Waals surface area contributed by atoms with Gasteiger partial charge in [0.05, 0.1) is 0 Å². The highest BCUT2D eigenvalue weighted by atomic mass is 16.5. The molecule has 0 aliphatic carbocycles. The Hall–Kier alpha value is -1.54. The summed E-state index contributed by atoms with van der Waals surface area (Å²) in [4.78, 5) is 3.13. The van der Waals surface area contributed by atoms with Crippen LogP contribution in [0.3, 0.4) is 0 Å². The van der Waals surface area contributed by atoms with E-state index in [9.17, 15) is 5.11 Å². The second-order valence-electron chi connectivity index (χ2n) is 6.35. The number of ether oxygens (including phenoxy) is 1. The zero-order valence-electron chi connectivity index (χ0n) is 15.4. The van der Waals surface area contributed by atoms with Crippen LogP contribution in [0.5, 0.6) is 5.75 Å². The van der Waals surface area contributed by atoms with Crippen molar-refractivity contribution in [3.8, 4) is 5.75 Å². The summed E-state index contributed by atoms with van der Waals surface area (Å²) in [6.45, 7) is 6.95. The molecule has 1 aromatic carbocycles. The zero-order chi connectivity index (χ0) is 18.7. The molecule has 0 amide bonds. The lowest BCUT2D eigenvalue weighted by Crippen LogP contribution is -2.35. The maximum atomic E-state index is 9.79. The lowest BCUT2D eigenvalue weighted by atomic mass is 9.84. The van der Waals surface area contributed by atoms with Gasteiger partial charge in [0.15, 0.2) is 0 Å². The number of aliphatic hydroxyl groups excluding tert-OH is 1. The highest BCUT2D eigenvalue weighted by Gasteiger charge is 2.08. The van der Waals surface area contributed by atoms with Crippen LogP contribution in [-0.4, -0.2) is 52.6 Å². The van der Waals surface area contributed by atoms with E-state index in [1.807, 2.05) is 51.2 Å². The van der Waals surface area contributed by atoms with Crippen LogP contribution in [-0.2, 0) is 0 Å². The fourth-order valence-electron chi connectivity index (χ4n) is 2.19. The molecule has 0 bridgehead atoms. The first-order valence-corrected chi connectivity index (χ1v) is 8.90. The number of aromatic amines is 1. The van der Waals surface area contributed by atoms with Crippen molar-refractivity contribution in [2.24, 2.45) is 0 Å². The number of nitrogens with one attached hydrogen (secondary N) is 2. The summed E-state index contributed by atoms with van der Waals surface area (Å²) in [5.41, 5.74) is 1.04. The summed E-state index contributed by atoms with van der Waals surface area (Å²) < 4.78 is 5.66. The van der Waals surface area contributed by atoms with E-state index in [1.165, 1.54) is 0 Å². The lowest BCUT2D eigenvalue weighted by Gasteiger charge is -2.15. The van der Waals surface area contributed by atoms with E-state index >= 15 is 0 Å². The molecule has 0 spiro atoms. The molecule has 1 heterocycles. The van der Waals surface area contributed by atoms with Gasteiger partial charge < -0.3 is 30.2 Å². The third kappa shape index (κ3) is 8.93. The number of aromatic nitrogens is 1. The standard InChI is InChI=1S/C14H20N2O2.C4H11BO2/c1-10(2)16-8-11(17)9-18-14-5-3-4-13-12(14)6-7-15-13;1-2-3-4-5(6)7/h3-7,10-11,15-17H,8-9H2,1-2H3;6-7H,2-4H2,1H3. The topological polar surface area (TPSA) is 97.7 Å². The van der Waals surface area contributed by atoms with Gasteiger partial charge in [0.25, 0.3) is 0 Å². The predicted octanol–water partition coefficient (Wildman–Crippen LogP) is 2.16. The van der Waals surface area contributed by atoms with Crippen molar-refractivity contribution in [3.63, 3.8) is 0 Å². The van der Waals surface area contributed by atoms with Crippen molar-refractivity contribution in [1.29, 1.82) is 0 Å². The SMILES string of the molecule is CC(C)NCC(O)COc1cccc2[nH]ccc12.CCCCB(O)O. The fourth-order valence-corrected chi connectivity index (χ4v) is 2.19. The third-order valence-corrected chi connectivity index (χ3v) is 3.56. The molecule has 0 saturated carbocycles. The molecular formula is C18H31BN2O4. The van der Waals surface area contributed by atoms with Gasteiger partial charge in [-0.25, -0.2) is 0 Å². The summed E-state index contributed by atoms with van der Waals surface area (Å²) >= 11 is 0. The van der Waals surface area contributed by atoms with E-state index in [-0.39, 0.29) is 0 Å². The van der Waals surface area contributed by atoms with Gasteiger partial charge in [0.2, 0.25) is 0 Å². The Morgan fingerprint density at radius 3 is 2.60 bits per heavy atom. The molecule has 0 radical (unpaired) electrons. The van der Waals surface area contributed by atoms with E-state index in [0.29, 0.717) is 25.5 Å². The second-order valence-corrected chi connectivity index (χ2v) is 6.35. The molecule has 5 N–H and O–H groups in total. The normalized spacial score (nSPS) is 12.0. The van der Waals surface area contributed by atoms with Crippen LogP contribution in [0.15, 0.2) is 30.5 Å². The lowest BCUT2D eigenvalue weighted by molar-refractivity contribution is 0.105. The number of hydrogen-bond donors (Lipinski definition) is 5. The van der Waals surface area contributed by atoms with Crippen LogP contribution in [0.1, 0.15) is 33.6 Å². The monoisotopic (exact) mass is 350 g/mol. The maximum absolute atomic E-state index is 9.79. The minimum absolute atomic E-state index is 0.296. The van der Waals surface area contributed by atoms with Crippen molar-refractivity contribution in [2.75, 3.05) is 13.2 Å². The number of hydrogen-bond acceptors (Lipinski definition) is 5. The van der Waals surface area contributed by atoms with Gasteiger partial charge in [-0.05, 0) is 24.5 Å².